The number of nitrogens with one attached hydrogen (secondary N) is 2. The van der Waals surface area contributed by atoms with Crippen LogP contribution in [-0.4, -0.2) is 61.8 Å². The zero-order valence-corrected chi connectivity index (χ0v) is 50.0. The van der Waals surface area contributed by atoms with Gasteiger partial charge in [-0.15, -0.1) is 45.8 Å². The van der Waals surface area contributed by atoms with E-state index in [0.717, 1.165) is 49.2 Å². The second-order valence-electron chi connectivity index (χ2n) is 20.7. The number of rotatable bonds is 19. The van der Waals surface area contributed by atoms with Crippen molar-refractivity contribution in [3.05, 3.63) is 326 Å². The predicted molar refractivity (Wildman–Crippen MR) is 347 cm³/mol. The number of fused-ring (bicyclic) bond motifs is 2. The van der Waals surface area contributed by atoms with Gasteiger partial charge in [-0.3, -0.25) is 19.2 Å². The summed E-state index contributed by atoms with van der Waals surface area (Å²) in [6.07, 6.45) is -0.764. The first-order valence-corrected chi connectivity index (χ1v) is 32.2. The summed E-state index contributed by atoms with van der Waals surface area (Å²) in [5.41, 5.74) is 4.27. The Labute approximate surface area is 517 Å². The number of aromatic nitrogens is 1. The molecule has 0 spiro atoms. The molecule has 3 aromatic heterocycles. The van der Waals surface area contributed by atoms with Crippen LogP contribution < -0.4 is 16.1 Å². The Balaban J connectivity index is 0.869. The van der Waals surface area contributed by atoms with Gasteiger partial charge in [0.1, 0.15) is 27.4 Å². The molecule has 2 amide bonds. The third-order valence-corrected chi connectivity index (χ3v) is 21.5. The van der Waals surface area contributed by atoms with E-state index in [0.29, 0.717) is 14.0 Å². The molecule has 3 atom stereocenters. The van der Waals surface area contributed by atoms with Gasteiger partial charge in [0.05, 0.1) is 13.6 Å². The number of anilines is 1. The molecule has 2 N–H and O–H groups in total. The Kier molecular flexibility index (Phi) is 16.1. The smallest absolute Gasteiger partial charge is 0.326 e. The fourth-order valence-electron chi connectivity index (χ4n) is 11.3. The lowest BCUT2D eigenvalue weighted by atomic mass is 9.77. The summed E-state index contributed by atoms with van der Waals surface area (Å²) in [5.74, 6) is -1.45. The monoisotopic (exact) mass is 1220 g/mol. The van der Waals surface area contributed by atoms with Gasteiger partial charge in [-0.1, -0.05) is 260 Å². The Morgan fingerprint density at radius 3 is 1.60 bits per heavy atom. The highest BCUT2D eigenvalue weighted by atomic mass is 32.2. The zero-order chi connectivity index (χ0) is 58.5. The summed E-state index contributed by atoms with van der Waals surface area (Å²) in [5, 5.41) is 15.4. The van der Waals surface area contributed by atoms with E-state index < -0.39 is 51.2 Å². The van der Waals surface area contributed by atoms with Gasteiger partial charge in [-0.2, -0.15) is 0 Å². The van der Waals surface area contributed by atoms with Crippen LogP contribution in [0.2, 0.25) is 0 Å². The molecule has 0 saturated carbocycles. The maximum Gasteiger partial charge on any atom is 0.326 e. The second-order valence-corrected chi connectivity index (χ2v) is 26.3. The number of esters is 1. The molecule has 16 heteroatoms. The number of carbonyl (C=O) groups excluding carboxylic acids is 3. The van der Waals surface area contributed by atoms with Crippen molar-refractivity contribution in [3.8, 4) is 0 Å². The topological polar surface area (TPSA) is 139 Å². The molecular formula is C70H53N5O6S5. The van der Waals surface area contributed by atoms with E-state index >= 15 is 9.59 Å². The van der Waals surface area contributed by atoms with Gasteiger partial charge in [0.2, 0.25) is 11.5 Å². The number of thiophene rings is 1. The highest BCUT2D eigenvalue weighted by molar-refractivity contribution is 8.06. The van der Waals surface area contributed by atoms with Gasteiger partial charge in [0.15, 0.2) is 22.4 Å². The molecule has 0 aliphatic carbocycles. The van der Waals surface area contributed by atoms with Crippen LogP contribution in [0.1, 0.15) is 56.3 Å². The van der Waals surface area contributed by atoms with Crippen molar-refractivity contribution in [1.29, 1.82) is 0 Å². The minimum Gasteiger partial charge on any atom is -0.451 e. The van der Waals surface area contributed by atoms with E-state index in [4.69, 9.17) is 19.7 Å². The van der Waals surface area contributed by atoms with E-state index in [1.807, 2.05) is 218 Å². The molecule has 11 aromatic rings. The van der Waals surface area contributed by atoms with Gasteiger partial charge in [-0.25, -0.2) is 4.98 Å². The summed E-state index contributed by atoms with van der Waals surface area (Å²) in [7, 11) is 0. The SMILES string of the molecule is O=C(NC1C(=O)N2CC(Sc3cc(=O)c4sccc4s3)(C(=O)OC(c3ccccc3)c3ccccc3)CS[C@H]12)C(=NOC(c1ccccc1)(c1ccccc1)c1ccccc1)c1csc(NC(c2ccccc2)(c2ccccc2)c2ccccc2)n1. The number of oxime groups is 1. The summed E-state index contributed by atoms with van der Waals surface area (Å²) >= 11 is 6.73. The van der Waals surface area contributed by atoms with E-state index in [-0.39, 0.29) is 29.1 Å². The normalized spacial score (nSPS) is 16.9. The fraction of sp³-hybridized carbons (Fsp3) is 0.114. The third kappa shape index (κ3) is 10.8. The molecule has 2 fully saturated rings. The van der Waals surface area contributed by atoms with Crippen LogP contribution in [0, 0.1) is 0 Å². The number of ether oxygens (including phenoxy) is 1. The van der Waals surface area contributed by atoms with Crippen LogP contribution in [0.3, 0.4) is 0 Å². The number of hydrogen-bond donors (Lipinski definition) is 2. The van der Waals surface area contributed by atoms with Crippen molar-refractivity contribution in [2.24, 2.45) is 5.16 Å². The molecule has 13 rings (SSSR count). The van der Waals surface area contributed by atoms with E-state index in [9.17, 15) is 9.59 Å². The molecule has 2 saturated heterocycles. The minimum atomic E-state index is -1.38. The Hall–Kier alpha value is -8.90. The van der Waals surface area contributed by atoms with Crippen LogP contribution in [-0.2, 0) is 35.1 Å². The summed E-state index contributed by atoms with van der Waals surface area (Å²) < 4.78 is 7.33. The van der Waals surface area contributed by atoms with E-state index in [1.54, 1.807) is 16.3 Å². The quantitative estimate of drug-likeness (QED) is 0.0264. The van der Waals surface area contributed by atoms with Crippen molar-refractivity contribution < 1.29 is 24.0 Å². The molecule has 0 bridgehead atoms. The number of thiazole rings is 1. The van der Waals surface area contributed by atoms with Crippen molar-refractivity contribution in [2.45, 2.75) is 37.6 Å². The van der Waals surface area contributed by atoms with Crippen LogP contribution in [0.4, 0.5) is 5.13 Å². The van der Waals surface area contributed by atoms with Gasteiger partial charge in [-0.05, 0) is 39.3 Å². The first-order valence-electron chi connectivity index (χ1n) is 27.8. The number of hydrogen-bond acceptors (Lipinski definition) is 14. The van der Waals surface area contributed by atoms with Crippen molar-refractivity contribution in [2.75, 3.05) is 17.6 Å². The lowest BCUT2D eigenvalue weighted by molar-refractivity contribution is -0.155. The van der Waals surface area contributed by atoms with Gasteiger partial charge in [0, 0.05) is 40.4 Å². The summed E-state index contributed by atoms with van der Waals surface area (Å²) in [6.45, 7) is -0.0524. The first kappa shape index (κ1) is 56.2. The highest BCUT2D eigenvalue weighted by Crippen LogP contribution is 2.50. The van der Waals surface area contributed by atoms with Crippen LogP contribution in [0.25, 0.3) is 9.40 Å². The molecule has 0 radical (unpaired) electrons. The maximum atomic E-state index is 15.6. The van der Waals surface area contributed by atoms with E-state index in [2.05, 4.69) is 47.0 Å². The lowest BCUT2D eigenvalue weighted by Crippen LogP contribution is -2.75. The number of amides is 2. The fourth-order valence-corrected chi connectivity index (χ4v) is 17.4. The molecule has 2 aliphatic rings. The summed E-state index contributed by atoms with van der Waals surface area (Å²) in [6, 6.07) is 81.3. The number of benzene rings is 8. The molecule has 5 heterocycles. The molecule has 2 unspecified atom stereocenters. The van der Waals surface area contributed by atoms with Crippen molar-refractivity contribution in [3.63, 3.8) is 0 Å². The number of β-lactam (4-membered cyclic amide) rings is 1. The maximum absolute atomic E-state index is 15.6. The lowest BCUT2D eigenvalue weighted by Gasteiger charge is -2.53. The molecule has 86 heavy (non-hydrogen) atoms. The Morgan fingerprint density at radius 1 is 0.628 bits per heavy atom. The number of thioether (sulfide) groups is 2. The molecule has 11 nitrogen and oxygen atoms in total. The van der Waals surface area contributed by atoms with Gasteiger partial charge >= 0.3 is 5.97 Å². The number of carbonyl (C=O) groups is 3. The standard InChI is InChI=1S/C70H53N5O6S5/c76-56-43-58(85-57-41-42-82-62(56)57)86-68(66(79)80-61(47-25-9-1-10-26-47)48-27-11-2-12-28-48)45-75-64(78)60(65(75)84-46-68)72-63(77)59(74-81-70(52-35-19-6-20-36-52,53-37-21-7-22-38-53)54-39-23-8-24-40-54)55-44-83-67(71-55)73-69(49-29-13-3-14-30-49,50-31-15-4-16-32-50)51-33-17-5-18-34-51/h1-44,60-61,65H,45-46H2,(H,71,73)(H,72,77)/t60?,65-,68?/m1/s1. The van der Waals surface area contributed by atoms with E-state index in [1.165, 1.54) is 57.5 Å². The Morgan fingerprint density at radius 2 is 1.10 bits per heavy atom. The number of nitrogens with zero attached hydrogens (tertiary/aromatic N) is 3. The van der Waals surface area contributed by atoms with Crippen molar-refractivity contribution >= 4 is 95.6 Å². The Bertz CT molecular complexity index is 4030. The highest BCUT2D eigenvalue weighted by Gasteiger charge is 2.59. The molecule has 2 aliphatic heterocycles. The minimum absolute atomic E-state index is 0.0524. The van der Waals surface area contributed by atoms with Gasteiger partial charge < -0.3 is 25.1 Å². The third-order valence-electron chi connectivity index (χ3n) is 15.4. The molecule has 424 valence electrons. The largest absolute Gasteiger partial charge is 0.451 e. The molecule has 8 aromatic carbocycles. The average Bonchev–Trinajstić information content (AvgIpc) is 0.897. The van der Waals surface area contributed by atoms with Gasteiger partial charge in [0.25, 0.3) is 5.91 Å². The summed E-state index contributed by atoms with van der Waals surface area (Å²) in [4.78, 5) is 73.2. The van der Waals surface area contributed by atoms with Crippen LogP contribution in [0.5, 0.6) is 0 Å². The predicted octanol–water partition coefficient (Wildman–Crippen LogP) is 14.2. The van der Waals surface area contributed by atoms with Crippen molar-refractivity contribution in [1.82, 2.24) is 15.2 Å². The average molecular weight is 1220 g/mol. The van der Waals surface area contributed by atoms with Crippen LogP contribution >= 0.6 is 57.5 Å². The first-order chi connectivity index (χ1) is 42.2. The zero-order valence-electron chi connectivity index (χ0n) is 45.9. The molecular weight excluding hydrogens is 1170 g/mol. The van der Waals surface area contributed by atoms with Crippen LogP contribution in [0.15, 0.2) is 280 Å². The second kappa shape index (κ2) is 24.6.